The van der Waals surface area contributed by atoms with E-state index in [0.717, 1.165) is 0 Å². The maximum atomic E-state index is 12.8. The standard InChI is InChI=1S/C18H34N4O6S/c1-9(2)13(19)16(25)22-14(10(3)4)17(26)20-11(6-7-29-5)15(24)21-12(8-23)18(27)28/h9-14,23H,6-8,19H2,1-5H3,(H,20,26)(H,21,24)(H,22,25)(H,27,28). The Morgan fingerprint density at radius 2 is 1.45 bits per heavy atom. The SMILES string of the molecule is CSCCC(NC(=O)C(NC(=O)C(N)C(C)C)C(C)C)C(=O)NC(CO)C(=O)O. The number of rotatable bonds is 13. The maximum Gasteiger partial charge on any atom is 0.328 e. The molecule has 4 atom stereocenters. The molecule has 0 spiro atoms. The minimum absolute atomic E-state index is 0.114. The number of carboxylic acids is 1. The Bertz CT molecular complexity index is 573. The fourth-order valence-corrected chi connectivity index (χ4v) is 2.78. The number of thioether (sulfide) groups is 1. The van der Waals surface area contributed by atoms with Crippen LogP contribution in [0, 0.1) is 11.8 Å². The second kappa shape index (κ2) is 13.4. The summed E-state index contributed by atoms with van der Waals surface area (Å²) in [6.45, 7) is 6.29. The lowest BCUT2D eigenvalue weighted by Gasteiger charge is -2.27. The number of aliphatic hydroxyl groups is 1. The third-order valence-corrected chi connectivity index (χ3v) is 4.95. The van der Waals surface area contributed by atoms with Gasteiger partial charge in [0.05, 0.1) is 12.6 Å². The van der Waals surface area contributed by atoms with E-state index in [1.807, 2.05) is 6.26 Å². The lowest BCUT2D eigenvalue weighted by Crippen LogP contribution is -2.59. The van der Waals surface area contributed by atoms with Gasteiger partial charge in [-0.15, -0.1) is 0 Å². The number of amides is 3. The molecule has 0 aliphatic heterocycles. The van der Waals surface area contributed by atoms with Gasteiger partial charge in [-0.3, -0.25) is 14.4 Å². The summed E-state index contributed by atoms with van der Waals surface area (Å²) in [7, 11) is 0. The lowest BCUT2D eigenvalue weighted by molar-refractivity contribution is -0.143. The maximum absolute atomic E-state index is 12.8. The molecule has 0 saturated carbocycles. The average Bonchev–Trinajstić information content (AvgIpc) is 2.65. The minimum atomic E-state index is -1.47. The van der Waals surface area contributed by atoms with E-state index in [1.54, 1.807) is 27.7 Å². The van der Waals surface area contributed by atoms with E-state index in [9.17, 15) is 19.2 Å². The van der Waals surface area contributed by atoms with E-state index in [2.05, 4.69) is 16.0 Å². The Hall–Kier alpha value is -1.85. The monoisotopic (exact) mass is 434 g/mol. The van der Waals surface area contributed by atoms with Crippen LogP contribution in [0.4, 0.5) is 0 Å². The van der Waals surface area contributed by atoms with Crippen LogP contribution in [0.5, 0.6) is 0 Å². The van der Waals surface area contributed by atoms with Crippen LogP contribution in [0.1, 0.15) is 34.1 Å². The zero-order valence-electron chi connectivity index (χ0n) is 17.6. The first-order chi connectivity index (χ1) is 13.5. The van der Waals surface area contributed by atoms with Crippen molar-refractivity contribution in [3.63, 3.8) is 0 Å². The van der Waals surface area contributed by atoms with E-state index in [0.29, 0.717) is 5.75 Å². The highest BCUT2D eigenvalue weighted by Gasteiger charge is 2.31. The van der Waals surface area contributed by atoms with Crippen molar-refractivity contribution in [3.05, 3.63) is 0 Å². The second-order valence-corrected chi connectivity index (χ2v) is 8.41. The third-order valence-electron chi connectivity index (χ3n) is 4.31. The molecule has 0 heterocycles. The largest absolute Gasteiger partial charge is 0.480 e. The number of aliphatic carboxylic acids is 1. The van der Waals surface area contributed by atoms with Gasteiger partial charge >= 0.3 is 5.97 Å². The summed E-state index contributed by atoms with van der Waals surface area (Å²) >= 11 is 1.45. The lowest BCUT2D eigenvalue weighted by atomic mass is 10.00. The predicted octanol–water partition coefficient (Wildman–Crippen LogP) is -1.09. The summed E-state index contributed by atoms with van der Waals surface area (Å²) in [6.07, 6.45) is 2.08. The second-order valence-electron chi connectivity index (χ2n) is 7.42. The molecular formula is C18H34N4O6S. The molecular weight excluding hydrogens is 400 g/mol. The molecule has 0 fully saturated rings. The predicted molar refractivity (Wildman–Crippen MR) is 111 cm³/mol. The van der Waals surface area contributed by atoms with Crippen LogP contribution in [0.25, 0.3) is 0 Å². The summed E-state index contributed by atoms with van der Waals surface area (Å²) in [4.78, 5) is 48.5. The number of carbonyl (C=O) groups is 4. The summed E-state index contributed by atoms with van der Waals surface area (Å²) in [5, 5.41) is 25.5. The summed E-state index contributed by atoms with van der Waals surface area (Å²) in [6, 6.07) is -4.17. The first-order valence-corrected chi connectivity index (χ1v) is 10.8. The van der Waals surface area contributed by atoms with Crippen molar-refractivity contribution in [1.29, 1.82) is 0 Å². The number of hydrogen-bond donors (Lipinski definition) is 6. The van der Waals surface area contributed by atoms with Gasteiger partial charge in [-0.2, -0.15) is 11.8 Å². The van der Waals surface area contributed by atoms with Gasteiger partial charge in [-0.05, 0) is 30.3 Å². The number of carboxylic acid groups (broad SMARTS) is 1. The molecule has 0 aromatic carbocycles. The molecule has 7 N–H and O–H groups in total. The fourth-order valence-electron chi connectivity index (χ4n) is 2.31. The van der Waals surface area contributed by atoms with Crippen LogP contribution < -0.4 is 21.7 Å². The van der Waals surface area contributed by atoms with Gasteiger partial charge in [0.25, 0.3) is 0 Å². The summed E-state index contributed by atoms with van der Waals surface area (Å²) in [5.74, 6) is -2.99. The molecule has 168 valence electrons. The Labute approximate surface area is 175 Å². The summed E-state index contributed by atoms with van der Waals surface area (Å²) in [5.41, 5.74) is 5.83. The minimum Gasteiger partial charge on any atom is -0.480 e. The molecule has 0 rings (SSSR count). The van der Waals surface area contributed by atoms with E-state index < -0.39 is 54.5 Å². The summed E-state index contributed by atoms with van der Waals surface area (Å²) < 4.78 is 0. The van der Waals surface area contributed by atoms with Crippen molar-refractivity contribution in [2.24, 2.45) is 17.6 Å². The molecule has 29 heavy (non-hydrogen) atoms. The Balaban J connectivity index is 5.30. The molecule has 11 heteroatoms. The first kappa shape index (κ1) is 27.1. The van der Waals surface area contributed by atoms with E-state index >= 15 is 0 Å². The molecule has 4 unspecified atom stereocenters. The van der Waals surface area contributed by atoms with Gasteiger partial charge in [0, 0.05) is 0 Å². The molecule has 0 bridgehead atoms. The van der Waals surface area contributed by atoms with Crippen LogP contribution in [-0.2, 0) is 19.2 Å². The van der Waals surface area contributed by atoms with Gasteiger partial charge in [-0.1, -0.05) is 27.7 Å². The highest BCUT2D eigenvalue weighted by molar-refractivity contribution is 7.98. The first-order valence-electron chi connectivity index (χ1n) is 9.45. The van der Waals surface area contributed by atoms with Crippen LogP contribution in [0.15, 0.2) is 0 Å². The van der Waals surface area contributed by atoms with Crippen molar-refractivity contribution < 1.29 is 29.4 Å². The van der Waals surface area contributed by atoms with Crippen molar-refractivity contribution in [2.45, 2.75) is 58.3 Å². The van der Waals surface area contributed by atoms with E-state index in [4.69, 9.17) is 15.9 Å². The van der Waals surface area contributed by atoms with Crippen molar-refractivity contribution >= 4 is 35.5 Å². The molecule has 0 aromatic rings. The Morgan fingerprint density at radius 1 is 0.897 bits per heavy atom. The molecule has 0 saturated heterocycles. The zero-order chi connectivity index (χ0) is 22.7. The molecule has 10 nitrogen and oxygen atoms in total. The molecule has 3 amide bonds. The molecule has 0 radical (unpaired) electrons. The molecule has 0 aromatic heterocycles. The normalized spacial score (nSPS) is 15.3. The molecule has 0 aliphatic carbocycles. The van der Waals surface area contributed by atoms with Gasteiger partial charge < -0.3 is 31.9 Å². The zero-order valence-corrected chi connectivity index (χ0v) is 18.4. The van der Waals surface area contributed by atoms with Gasteiger partial charge in [0.15, 0.2) is 0 Å². The van der Waals surface area contributed by atoms with E-state index in [-0.39, 0.29) is 18.3 Å². The quantitative estimate of drug-likeness (QED) is 0.212. The number of nitrogens with two attached hydrogens (primary N) is 1. The van der Waals surface area contributed by atoms with Gasteiger partial charge in [0.1, 0.15) is 18.1 Å². The van der Waals surface area contributed by atoms with Crippen LogP contribution in [0.3, 0.4) is 0 Å². The third kappa shape index (κ3) is 9.46. The average molecular weight is 435 g/mol. The van der Waals surface area contributed by atoms with Crippen LogP contribution >= 0.6 is 11.8 Å². The number of aliphatic hydroxyl groups excluding tert-OH is 1. The smallest absolute Gasteiger partial charge is 0.328 e. The van der Waals surface area contributed by atoms with Gasteiger partial charge in [0.2, 0.25) is 17.7 Å². The van der Waals surface area contributed by atoms with Gasteiger partial charge in [-0.25, -0.2) is 4.79 Å². The number of hydrogen-bond acceptors (Lipinski definition) is 7. The van der Waals surface area contributed by atoms with Crippen molar-refractivity contribution in [2.75, 3.05) is 18.6 Å². The Morgan fingerprint density at radius 3 is 1.86 bits per heavy atom. The van der Waals surface area contributed by atoms with Crippen molar-refractivity contribution in [1.82, 2.24) is 16.0 Å². The fraction of sp³-hybridized carbons (Fsp3) is 0.778. The van der Waals surface area contributed by atoms with E-state index in [1.165, 1.54) is 11.8 Å². The number of nitrogens with one attached hydrogen (secondary N) is 3. The molecule has 0 aliphatic rings. The topological polar surface area (TPSA) is 171 Å². The van der Waals surface area contributed by atoms with Crippen LogP contribution in [0.2, 0.25) is 0 Å². The highest BCUT2D eigenvalue weighted by atomic mass is 32.2. The van der Waals surface area contributed by atoms with Crippen LogP contribution in [-0.4, -0.2) is 76.7 Å². The highest BCUT2D eigenvalue weighted by Crippen LogP contribution is 2.07. The van der Waals surface area contributed by atoms with Crippen molar-refractivity contribution in [3.8, 4) is 0 Å². The Kier molecular flexibility index (Phi) is 12.5. The number of carbonyl (C=O) groups excluding carboxylic acids is 3.